The topological polar surface area (TPSA) is 38.5 Å². The fourth-order valence-electron chi connectivity index (χ4n) is 2.14. The summed E-state index contributed by atoms with van der Waals surface area (Å²) in [6, 6.07) is -1.54. The number of rotatable bonds is 3. The number of likely N-dealkylation sites (tertiary alicyclic amines) is 1. The molecule has 2 N–H and O–H groups in total. The molecule has 0 aromatic heterocycles. The summed E-state index contributed by atoms with van der Waals surface area (Å²) in [4.78, 5) is 1.38. The van der Waals surface area contributed by atoms with Gasteiger partial charge in [0.15, 0.2) is 0 Å². The summed E-state index contributed by atoms with van der Waals surface area (Å²) in [5.41, 5.74) is 5.21. The lowest BCUT2D eigenvalue weighted by Gasteiger charge is -2.40. The van der Waals surface area contributed by atoms with Gasteiger partial charge in [0.2, 0.25) is 0 Å². The molecule has 3 unspecified atom stereocenters. The van der Waals surface area contributed by atoms with E-state index < -0.39 is 18.8 Å². The number of hydrogen-bond donors (Lipinski definition) is 1. The predicted molar refractivity (Wildman–Crippen MR) is 55.0 cm³/mol. The molecule has 0 radical (unpaired) electrons. The van der Waals surface area contributed by atoms with Gasteiger partial charge >= 0.3 is 6.18 Å². The van der Waals surface area contributed by atoms with Crippen molar-refractivity contribution in [3.8, 4) is 0 Å². The number of methoxy groups -OCH3 is 1. The maximum Gasteiger partial charge on any atom is 0.405 e. The van der Waals surface area contributed by atoms with E-state index in [1.54, 1.807) is 0 Å². The van der Waals surface area contributed by atoms with Crippen molar-refractivity contribution in [1.82, 2.24) is 4.90 Å². The fraction of sp³-hybridized carbons (Fsp3) is 1.00. The standard InChI is InChI=1S/C10H19F3N2O/c1-7-3-4-15(6-8(7)16-2)9(5-14)10(11,12)13/h7-9H,3-6,14H2,1-2H3. The van der Waals surface area contributed by atoms with Crippen LogP contribution in [0.5, 0.6) is 0 Å². The lowest BCUT2D eigenvalue weighted by Crippen LogP contribution is -2.56. The van der Waals surface area contributed by atoms with Crippen LogP contribution >= 0.6 is 0 Å². The SMILES string of the molecule is COC1CN(C(CN)C(F)(F)F)CCC1C. The number of nitrogens with zero attached hydrogens (tertiary/aromatic N) is 1. The molecular formula is C10H19F3N2O. The summed E-state index contributed by atoms with van der Waals surface area (Å²) in [6.07, 6.45) is -3.68. The maximum atomic E-state index is 12.7. The van der Waals surface area contributed by atoms with Crippen molar-refractivity contribution < 1.29 is 17.9 Å². The number of ether oxygens (including phenoxy) is 1. The number of alkyl halides is 3. The average molecular weight is 240 g/mol. The van der Waals surface area contributed by atoms with Crippen molar-refractivity contribution in [3.63, 3.8) is 0 Å². The van der Waals surface area contributed by atoms with Crippen molar-refractivity contribution in [2.45, 2.75) is 31.7 Å². The third-order valence-electron chi connectivity index (χ3n) is 3.27. The normalized spacial score (nSPS) is 30.4. The van der Waals surface area contributed by atoms with E-state index in [2.05, 4.69) is 0 Å². The molecule has 96 valence electrons. The highest BCUT2D eigenvalue weighted by atomic mass is 19.4. The fourth-order valence-corrected chi connectivity index (χ4v) is 2.14. The molecule has 0 spiro atoms. The van der Waals surface area contributed by atoms with E-state index in [9.17, 15) is 13.2 Å². The second-order valence-corrected chi connectivity index (χ2v) is 4.33. The summed E-state index contributed by atoms with van der Waals surface area (Å²) in [5, 5.41) is 0. The van der Waals surface area contributed by atoms with Crippen molar-refractivity contribution >= 4 is 0 Å². The molecule has 6 heteroatoms. The molecular weight excluding hydrogens is 221 g/mol. The molecule has 1 aliphatic heterocycles. The van der Waals surface area contributed by atoms with Gasteiger partial charge in [-0.05, 0) is 18.9 Å². The lowest BCUT2D eigenvalue weighted by atomic mass is 9.94. The molecule has 0 saturated carbocycles. The number of nitrogens with two attached hydrogens (primary N) is 1. The van der Waals surface area contributed by atoms with Gasteiger partial charge in [-0.2, -0.15) is 13.2 Å². The zero-order chi connectivity index (χ0) is 12.3. The van der Waals surface area contributed by atoms with Gasteiger partial charge in [0.1, 0.15) is 6.04 Å². The van der Waals surface area contributed by atoms with Crippen LogP contribution in [0.1, 0.15) is 13.3 Å². The Kier molecular flexibility index (Phi) is 4.58. The summed E-state index contributed by atoms with van der Waals surface area (Å²) >= 11 is 0. The maximum absolute atomic E-state index is 12.7. The minimum atomic E-state index is -4.26. The highest BCUT2D eigenvalue weighted by Gasteiger charge is 2.44. The molecule has 0 aromatic rings. The van der Waals surface area contributed by atoms with Crippen molar-refractivity contribution in [2.24, 2.45) is 11.7 Å². The van der Waals surface area contributed by atoms with Crippen LogP contribution < -0.4 is 5.73 Å². The predicted octanol–water partition coefficient (Wildman–Crippen LogP) is 1.23. The number of piperidine rings is 1. The zero-order valence-electron chi connectivity index (χ0n) is 9.63. The average Bonchev–Trinajstić information content (AvgIpc) is 2.19. The molecule has 1 heterocycles. The molecule has 16 heavy (non-hydrogen) atoms. The minimum absolute atomic E-state index is 0.134. The Morgan fingerprint density at radius 1 is 1.50 bits per heavy atom. The molecule has 1 rings (SSSR count). The molecule has 0 amide bonds. The Morgan fingerprint density at radius 2 is 2.12 bits per heavy atom. The molecule has 1 aliphatic rings. The zero-order valence-corrected chi connectivity index (χ0v) is 9.63. The molecule has 0 bridgehead atoms. The summed E-state index contributed by atoms with van der Waals surface area (Å²) < 4.78 is 43.2. The monoisotopic (exact) mass is 240 g/mol. The van der Waals surface area contributed by atoms with Crippen LogP contribution in [-0.4, -0.2) is 50.0 Å². The summed E-state index contributed by atoms with van der Waals surface area (Å²) in [7, 11) is 1.54. The Bertz CT molecular complexity index is 223. The number of halogens is 3. The van der Waals surface area contributed by atoms with Gasteiger partial charge in [0.05, 0.1) is 6.10 Å². The molecule has 0 aromatic carbocycles. The van der Waals surface area contributed by atoms with Crippen LogP contribution in [0.3, 0.4) is 0 Å². The van der Waals surface area contributed by atoms with Gasteiger partial charge in [0, 0.05) is 20.2 Å². The van der Waals surface area contributed by atoms with E-state index in [0.29, 0.717) is 25.4 Å². The highest BCUT2D eigenvalue weighted by Crippen LogP contribution is 2.28. The third-order valence-corrected chi connectivity index (χ3v) is 3.27. The Hall–Kier alpha value is -0.330. The molecule has 3 atom stereocenters. The van der Waals surface area contributed by atoms with E-state index in [1.165, 1.54) is 12.0 Å². The Labute approximate surface area is 93.7 Å². The van der Waals surface area contributed by atoms with Gasteiger partial charge in [-0.15, -0.1) is 0 Å². The largest absolute Gasteiger partial charge is 0.405 e. The third kappa shape index (κ3) is 3.09. The Balaban J connectivity index is 2.66. The van der Waals surface area contributed by atoms with Crippen LogP contribution in [0.2, 0.25) is 0 Å². The van der Waals surface area contributed by atoms with E-state index >= 15 is 0 Å². The Morgan fingerprint density at radius 3 is 2.56 bits per heavy atom. The van der Waals surface area contributed by atoms with Crippen molar-refractivity contribution in [3.05, 3.63) is 0 Å². The second kappa shape index (κ2) is 5.33. The quantitative estimate of drug-likeness (QED) is 0.806. The van der Waals surface area contributed by atoms with Gasteiger partial charge < -0.3 is 10.5 Å². The van der Waals surface area contributed by atoms with Crippen LogP contribution in [0.4, 0.5) is 13.2 Å². The lowest BCUT2D eigenvalue weighted by molar-refractivity contribution is -0.190. The van der Waals surface area contributed by atoms with Gasteiger partial charge in [0.25, 0.3) is 0 Å². The minimum Gasteiger partial charge on any atom is -0.380 e. The van der Waals surface area contributed by atoms with Crippen molar-refractivity contribution in [2.75, 3.05) is 26.7 Å². The first kappa shape index (κ1) is 13.7. The summed E-state index contributed by atoms with van der Waals surface area (Å²) in [6.45, 7) is 2.34. The van der Waals surface area contributed by atoms with E-state index in [-0.39, 0.29) is 6.10 Å². The molecule has 3 nitrogen and oxygen atoms in total. The first-order valence-electron chi connectivity index (χ1n) is 5.43. The first-order valence-corrected chi connectivity index (χ1v) is 5.43. The van der Waals surface area contributed by atoms with E-state index in [4.69, 9.17) is 10.5 Å². The smallest absolute Gasteiger partial charge is 0.380 e. The van der Waals surface area contributed by atoms with Crippen LogP contribution in [-0.2, 0) is 4.74 Å². The van der Waals surface area contributed by atoms with Crippen LogP contribution in [0.15, 0.2) is 0 Å². The molecule has 0 aliphatic carbocycles. The first-order chi connectivity index (χ1) is 7.40. The van der Waals surface area contributed by atoms with Gasteiger partial charge in [-0.1, -0.05) is 6.92 Å². The van der Waals surface area contributed by atoms with E-state index in [0.717, 1.165) is 0 Å². The van der Waals surface area contributed by atoms with Crippen LogP contribution in [0.25, 0.3) is 0 Å². The van der Waals surface area contributed by atoms with Gasteiger partial charge in [-0.25, -0.2) is 0 Å². The second-order valence-electron chi connectivity index (χ2n) is 4.33. The summed E-state index contributed by atoms with van der Waals surface area (Å²) in [5.74, 6) is 0.299. The van der Waals surface area contributed by atoms with Crippen molar-refractivity contribution in [1.29, 1.82) is 0 Å². The highest BCUT2D eigenvalue weighted by molar-refractivity contribution is 4.87. The molecule has 1 saturated heterocycles. The number of hydrogen-bond acceptors (Lipinski definition) is 3. The van der Waals surface area contributed by atoms with Gasteiger partial charge in [-0.3, -0.25) is 4.90 Å². The van der Waals surface area contributed by atoms with E-state index in [1.807, 2.05) is 6.92 Å². The van der Waals surface area contributed by atoms with Crippen LogP contribution in [0, 0.1) is 5.92 Å². The molecule has 1 fully saturated rings.